The number of carbonyl (C=O) groups excluding carboxylic acids is 1. The number of benzene rings is 1. The summed E-state index contributed by atoms with van der Waals surface area (Å²) in [7, 11) is 3.48. The molecule has 0 bridgehead atoms. The lowest BCUT2D eigenvalue weighted by Gasteiger charge is -2.16. The Morgan fingerprint density at radius 3 is 2.81 bits per heavy atom. The van der Waals surface area contributed by atoms with Crippen LogP contribution in [0.2, 0.25) is 0 Å². The third-order valence-corrected chi connectivity index (χ3v) is 2.88. The molecule has 0 saturated carbocycles. The molecule has 0 heterocycles. The second-order valence-corrected chi connectivity index (χ2v) is 4.51. The lowest BCUT2D eigenvalue weighted by molar-refractivity contribution is -0.385. The number of ether oxygens (including phenoxy) is 1. The highest BCUT2D eigenvalue weighted by Crippen LogP contribution is 2.22. The first kappa shape index (κ1) is 16.9. The molecule has 2 N–H and O–H groups in total. The second-order valence-electron chi connectivity index (χ2n) is 4.51. The number of aromatic hydroxyl groups is 1. The molecule has 8 heteroatoms. The number of nitrogens with one attached hydrogen (secondary N) is 1. The van der Waals surface area contributed by atoms with Crippen molar-refractivity contribution in [2.45, 2.75) is 0 Å². The van der Waals surface area contributed by atoms with Crippen molar-refractivity contribution >= 4 is 11.6 Å². The van der Waals surface area contributed by atoms with Crippen molar-refractivity contribution in [3.63, 3.8) is 0 Å². The van der Waals surface area contributed by atoms with Crippen molar-refractivity contribution in [1.82, 2.24) is 10.2 Å². The van der Waals surface area contributed by atoms with Crippen molar-refractivity contribution in [3.8, 4) is 5.75 Å². The van der Waals surface area contributed by atoms with Gasteiger partial charge in [0.1, 0.15) is 11.3 Å². The van der Waals surface area contributed by atoms with E-state index in [0.717, 1.165) is 18.7 Å². The summed E-state index contributed by atoms with van der Waals surface area (Å²) in [5.41, 5.74) is -0.488. The first-order chi connectivity index (χ1) is 9.95. The Balaban J connectivity index is 2.60. The lowest BCUT2D eigenvalue weighted by Crippen LogP contribution is -2.34. The van der Waals surface area contributed by atoms with Crippen molar-refractivity contribution in [3.05, 3.63) is 33.9 Å². The van der Waals surface area contributed by atoms with Crippen LogP contribution in [0, 0.1) is 10.1 Å². The highest BCUT2D eigenvalue weighted by Gasteiger charge is 2.20. The number of methoxy groups -OCH3 is 1. The summed E-state index contributed by atoms with van der Waals surface area (Å²) in [5.74, 6) is -0.777. The SMILES string of the molecule is COCCN(C)CCNC(=O)c1cc(O)ccc1[N+](=O)[O-]. The summed E-state index contributed by atoms with van der Waals surface area (Å²) in [6.45, 7) is 2.23. The molecule has 1 amide bonds. The predicted molar refractivity (Wildman–Crippen MR) is 76.5 cm³/mol. The fourth-order valence-electron chi connectivity index (χ4n) is 1.68. The standard InChI is InChI=1S/C13H19N3O5/c1-15(7-8-21-2)6-5-14-13(18)11-9-10(17)3-4-12(11)16(19)20/h3-4,9,17H,5-8H2,1-2H3,(H,14,18). The van der Waals surface area contributed by atoms with Gasteiger partial charge < -0.3 is 20.1 Å². The molecule has 1 aromatic rings. The van der Waals surface area contributed by atoms with E-state index in [0.29, 0.717) is 19.7 Å². The van der Waals surface area contributed by atoms with Crippen LogP contribution in [-0.4, -0.2) is 61.2 Å². The topological polar surface area (TPSA) is 105 Å². The van der Waals surface area contributed by atoms with E-state index >= 15 is 0 Å². The molecule has 116 valence electrons. The highest BCUT2D eigenvalue weighted by molar-refractivity contribution is 5.98. The van der Waals surface area contributed by atoms with E-state index in [1.54, 1.807) is 7.11 Å². The van der Waals surface area contributed by atoms with Crippen LogP contribution in [0.25, 0.3) is 0 Å². The summed E-state index contributed by atoms with van der Waals surface area (Å²) in [4.78, 5) is 24.1. The maximum absolute atomic E-state index is 11.9. The van der Waals surface area contributed by atoms with Crippen LogP contribution in [0.4, 0.5) is 5.69 Å². The van der Waals surface area contributed by atoms with E-state index < -0.39 is 10.8 Å². The molecule has 0 saturated heterocycles. The Morgan fingerprint density at radius 1 is 1.48 bits per heavy atom. The molecular weight excluding hydrogens is 278 g/mol. The smallest absolute Gasteiger partial charge is 0.282 e. The molecule has 0 radical (unpaired) electrons. The van der Waals surface area contributed by atoms with Crippen LogP contribution in [0.3, 0.4) is 0 Å². The van der Waals surface area contributed by atoms with Gasteiger partial charge in [-0.05, 0) is 19.2 Å². The molecule has 0 aromatic heterocycles. The predicted octanol–water partition coefficient (Wildman–Crippen LogP) is 0.608. The number of likely N-dealkylation sites (N-methyl/N-ethyl adjacent to an activating group) is 1. The third kappa shape index (κ3) is 5.36. The maximum atomic E-state index is 11.9. The summed E-state index contributed by atoms with van der Waals surface area (Å²) in [6.07, 6.45) is 0. The highest BCUT2D eigenvalue weighted by atomic mass is 16.6. The summed E-state index contributed by atoms with van der Waals surface area (Å²) >= 11 is 0. The molecule has 0 spiro atoms. The van der Waals surface area contributed by atoms with Crippen molar-refractivity contribution in [2.75, 3.05) is 40.4 Å². The summed E-state index contributed by atoms with van der Waals surface area (Å²) in [5, 5.41) is 22.8. The molecule has 0 unspecified atom stereocenters. The lowest BCUT2D eigenvalue weighted by atomic mass is 10.1. The van der Waals surface area contributed by atoms with Gasteiger partial charge in [0.15, 0.2) is 0 Å². The van der Waals surface area contributed by atoms with Crippen LogP contribution < -0.4 is 5.32 Å². The Bertz CT molecular complexity index is 507. The van der Waals surface area contributed by atoms with Crippen molar-refractivity contribution in [2.24, 2.45) is 0 Å². The second kappa shape index (κ2) is 8.18. The van der Waals surface area contributed by atoms with Crippen LogP contribution in [0.15, 0.2) is 18.2 Å². The molecule has 21 heavy (non-hydrogen) atoms. The van der Waals surface area contributed by atoms with Gasteiger partial charge in [0.25, 0.3) is 11.6 Å². The first-order valence-corrected chi connectivity index (χ1v) is 6.38. The summed E-state index contributed by atoms with van der Waals surface area (Å²) in [6, 6.07) is 3.37. The van der Waals surface area contributed by atoms with E-state index in [2.05, 4.69) is 5.32 Å². The van der Waals surface area contributed by atoms with Crippen LogP contribution >= 0.6 is 0 Å². The number of hydrogen-bond donors (Lipinski definition) is 2. The van der Waals surface area contributed by atoms with Gasteiger partial charge in [-0.2, -0.15) is 0 Å². The maximum Gasteiger partial charge on any atom is 0.282 e. The quantitative estimate of drug-likeness (QED) is 0.538. The van der Waals surface area contributed by atoms with E-state index in [-0.39, 0.29) is 17.0 Å². The van der Waals surface area contributed by atoms with E-state index in [1.807, 2.05) is 11.9 Å². The zero-order valence-electron chi connectivity index (χ0n) is 12.0. The zero-order chi connectivity index (χ0) is 15.8. The number of nitrogens with zero attached hydrogens (tertiary/aromatic N) is 2. The largest absolute Gasteiger partial charge is 0.508 e. The van der Waals surface area contributed by atoms with E-state index in [1.165, 1.54) is 6.07 Å². The number of rotatable bonds is 8. The number of nitro groups is 1. The van der Waals surface area contributed by atoms with Crippen LogP contribution in [0.5, 0.6) is 5.75 Å². The monoisotopic (exact) mass is 297 g/mol. The Labute approximate surface area is 122 Å². The number of phenols is 1. The minimum absolute atomic E-state index is 0.153. The van der Waals surface area contributed by atoms with E-state index in [9.17, 15) is 20.0 Å². The van der Waals surface area contributed by atoms with Crippen LogP contribution in [-0.2, 0) is 4.74 Å². The minimum atomic E-state index is -0.654. The number of hydrogen-bond acceptors (Lipinski definition) is 6. The number of amides is 1. The first-order valence-electron chi connectivity index (χ1n) is 6.38. The third-order valence-electron chi connectivity index (χ3n) is 2.88. The zero-order valence-corrected chi connectivity index (χ0v) is 12.0. The van der Waals surface area contributed by atoms with Gasteiger partial charge in [0.2, 0.25) is 0 Å². The molecule has 1 aromatic carbocycles. The molecule has 8 nitrogen and oxygen atoms in total. The average Bonchev–Trinajstić information content (AvgIpc) is 2.44. The Hall–Kier alpha value is -2.19. The minimum Gasteiger partial charge on any atom is -0.508 e. The number of phenolic OH excluding ortho intramolecular Hbond substituents is 1. The molecule has 1 rings (SSSR count). The van der Waals surface area contributed by atoms with Crippen LogP contribution in [0.1, 0.15) is 10.4 Å². The number of nitro benzene ring substituents is 1. The number of carbonyl (C=O) groups is 1. The molecule has 0 aliphatic rings. The molecule has 0 aliphatic carbocycles. The fraction of sp³-hybridized carbons (Fsp3) is 0.462. The molecular formula is C13H19N3O5. The average molecular weight is 297 g/mol. The van der Waals surface area contributed by atoms with Gasteiger partial charge >= 0.3 is 0 Å². The van der Waals surface area contributed by atoms with Gasteiger partial charge in [0.05, 0.1) is 11.5 Å². The Kier molecular flexibility index (Phi) is 6.57. The van der Waals surface area contributed by atoms with Gasteiger partial charge in [-0.1, -0.05) is 0 Å². The fourth-order valence-corrected chi connectivity index (χ4v) is 1.68. The van der Waals surface area contributed by atoms with Gasteiger partial charge in [0, 0.05) is 32.8 Å². The molecule has 0 fully saturated rings. The Morgan fingerprint density at radius 2 is 2.19 bits per heavy atom. The van der Waals surface area contributed by atoms with Gasteiger partial charge in [-0.25, -0.2) is 0 Å². The van der Waals surface area contributed by atoms with Crippen molar-refractivity contribution in [1.29, 1.82) is 0 Å². The van der Waals surface area contributed by atoms with Gasteiger partial charge in [-0.15, -0.1) is 0 Å². The normalized spacial score (nSPS) is 10.6. The van der Waals surface area contributed by atoms with Gasteiger partial charge in [-0.3, -0.25) is 14.9 Å². The molecule has 0 aliphatic heterocycles. The van der Waals surface area contributed by atoms with E-state index in [4.69, 9.17) is 4.74 Å². The summed E-state index contributed by atoms with van der Waals surface area (Å²) < 4.78 is 4.93. The molecule has 0 atom stereocenters. The van der Waals surface area contributed by atoms with Crippen molar-refractivity contribution < 1.29 is 19.6 Å².